The van der Waals surface area contributed by atoms with Crippen LogP contribution in [-0.4, -0.2) is 11.1 Å². The van der Waals surface area contributed by atoms with Gasteiger partial charge in [0.1, 0.15) is 4.88 Å². The Bertz CT molecular complexity index is 286. The van der Waals surface area contributed by atoms with Crippen LogP contribution in [0.1, 0.15) is 21.5 Å². The van der Waals surface area contributed by atoms with E-state index in [0.717, 1.165) is 4.88 Å². The fourth-order valence-electron chi connectivity index (χ4n) is 0.722. The van der Waals surface area contributed by atoms with Gasteiger partial charge in [-0.1, -0.05) is 6.08 Å². The monoisotopic (exact) mass is 168 g/mol. The summed E-state index contributed by atoms with van der Waals surface area (Å²) in [6, 6.07) is 3.41. The van der Waals surface area contributed by atoms with Crippen LogP contribution in [0, 0.1) is 0 Å². The molecule has 1 rings (SSSR count). The van der Waals surface area contributed by atoms with Crippen LogP contribution in [0.15, 0.2) is 18.2 Å². The maximum absolute atomic E-state index is 10.4. The molecule has 1 aromatic rings. The number of aromatic carboxylic acids is 1. The minimum Gasteiger partial charge on any atom is -0.477 e. The third-order valence-electron chi connectivity index (χ3n) is 1.17. The van der Waals surface area contributed by atoms with Crippen molar-refractivity contribution in [1.29, 1.82) is 0 Å². The molecule has 1 N–H and O–H groups in total. The van der Waals surface area contributed by atoms with E-state index in [1.165, 1.54) is 11.3 Å². The Morgan fingerprint density at radius 1 is 1.64 bits per heavy atom. The SMILES string of the molecule is C/C=C/c1ccc(C(=O)O)s1. The third kappa shape index (κ3) is 1.91. The lowest BCUT2D eigenvalue weighted by molar-refractivity contribution is 0.0702. The largest absolute Gasteiger partial charge is 0.477 e. The lowest BCUT2D eigenvalue weighted by Crippen LogP contribution is -1.89. The van der Waals surface area contributed by atoms with Gasteiger partial charge in [0.05, 0.1) is 0 Å². The second-order valence-corrected chi connectivity index (χ2v) is 3.12. The van der Waals surface area contributed by atoms with Crippen molar-refractivity contribution >= 4 is 23.4 Å². The molecule has 11 heavy (non-hydrogen) atoms. The first-order valence-electron chi connectivity index (χ1n) is 3.20. The van der Waals surface area contributed by atoms with Gasteiger partial charge in [0.2, 0.25) is 0 Å². The van der Waals surface area contributed by atoms with Gasteiger partial charge >= 0.3 is 5.97 Å². The van der Waals surface area contributed by atoms with Gasteiger partial charge in [0.15, 0.2) is 0 Å². The van der Waals surface area contributed by atoms with E-state index >= 15 is 0 Å². The minimum atomic E-state index is -0.856. The Morgan fingerprint density at radius 3 is 2.82 bits per heavy atom. The zero-order valence-corrected chi connectivity index (χ0v) is 6.89. The van der Waals surface area contributed by atoms with E-state index in [2.05, 4.69) is 0 Å². The Balaban J connectivity index is 2.90. The van der Waals surface area contributed by atoms with Crippen molar-refractivity contribution in [2.24, 2.45) is 0 Å². The summed E-state index contributed by atoms with van der Waals surface area (Å²) in [4.78, 5) is 11.8. The van der Waals surface area contributed by atoms with Crippen molar-refractivity contribution in [2.45, 2.75) is 6.92 Å². The molecule has 0 radical (unpaired) electrons. The molecule has 0 aromatic carbocycles. The van der Waals surface area contributed by atoms with E-state index in [1.54, 1.807) is 12.1 Å². The quantitative estimate of drug-likeness (QED) is 0.736. The maximum atomic E-state index is 10.4. The van der Waals surface area contributed by atoms with Crippen LogP contribution in [0.2, 0.25) is 0 Å². The average molecular weight is 168 g/mol. The standard InChI is InChI=1S/C8H8O2S/c1-2-3-6-4-5-7(11-6)8(9)10/h2-5H,1H3,(H,9,10)/b3-2+. The number of hydrogen-bond donors (Lipinski definition) is 1. The average Bonchev–Trinajstić information content (AvgIpc) is 2.37. The van der Waals surface area contributed by atoms with Crippen LogP contribution in [0.4, 0.5) is 0 Å². The summed E-state index contributed by atoms with van der Waals surface area (Å²) in [5.41, 5.74) is 0. The third-order valence-corrected chi connectivity index (χ3v) is 2.21. The van der Waals surface area contributed by atoms with Gasteiger partial charge in [-0.2, -0.15) is 0 Å². The first kappa shape index (κ1) is 8.01. The lowest BCUT2D eigenvalue weighted by Gasteiger charge is -1.81. The van der Waals surface area contributed by atoms with E-state index in [4.69, 9.17) is 5.11 Å². The zero-order valence-electron chi connectivity index (χ0n) is 6.07. The molecule has 1 aromatic heterocycles. The molecular weight excluding hydrogens is 160 g/mol. The lowest BCUT2D eigenvalue weighted by atomic mass is 10.4. The molecule has 3 heteroatoms. The first-order valence-corrected chi connectivity index (χ1v) is 4.01. The van der Waals surface area contributed by atoms with Crippen LogP contribution in [0.5, 0.6) is 0 Å². The minimum absolute atomic E-state index is 0.387. The van der Waals surface area contributed by atoms with Crippen LogP contribution >= 0.6 is 11.3 Å². The normalized spacial score (nSPS) is 10.6. The molecule has 0 amide bonds. The Morgan fingerprint density at radius 2 is 2.36 bits per heavy atom. The number of carbonyl (C=O) groups is 1. The number of rotatable bonds is 2. The van der Waals surface area contributed by atoms with Crippen molar-refractivity contribution in [1.82, 2.24) is 0 Å². The summed E-state index contributed by atoms with van der Waals surface area (Å²) < 4.78 is 0. The van der Waals surface area contributed by atoms with Crippen molar-refractivity contribution in [3.63, 3.8) is 0 Å². The number of allylic oxidation sites excluding steroid dienone is 1. The van der Waals surface area contributed by atoms with E-state index in [9.17, 15) is 4.79 Å². The molecule has 0 aliphatic rings. The summed E-state index contributed by atoms with van der Waals surface area (Å²) >= 11 is 1.28. The zero-order chi connectivity index (χ0) is 8.27. The fourth-order valence-corrected chi connectivity index (χ4v) is 1.54. The highest BCUT2D eigenvalue weighted by Crippen LogP contribution is 2.17. The van der Waals surface area contributed by atoms with Crippen molar-refractivity contribution in [2.75, 3.05) is 0 Å². The Hall–Kier alpha value is -1.09. The molecular formula is C8H8O2S. The highest BCUT2D eigenvalue weighted by Gasteiger charge is 2.03. The number of carboxylic acids is 1. The molecule has 0 bridgehead atoms. The molecule has 58 valence electrons. The molecule has 1 heterocycles. The molecule has 0 aliphatic heterocycles. The second kappa shape index (κ2) is 3.34. The molecule has 0 fully saturated rings. The molecule has 0 spiro atoms. The van der Waals surface area contributed by atoms with Crippen LogP contribution in [0.25, 0.3) is 6.08 Å². The van der Waals surface area contributed by atoms with E-state index in [0.29, 0.717) is 4.88 Å². The van der Waals surface area contributed by atoms with Gasteiger partial charge in [-0.05, 0) is 25.1 Å². The topological polar surface area (TPSA) is 37.3 Å². The highest BCUT2D eigenvalue weighted by molar-refractivity contribution is 7.14. The number of carboxylic acid groups (broad SMARTS) is 1. The summed E-state index contributed by atoms with van der Waals surface area (Å²) in [6.45, 7) is 1.90. The van der Waals surface area contributed by atoms with Gasteiger partial charge in [-0.15, -0.1) is 11.3 Å². The summed E-state index contributed by atoms with van der Waals surface area (Å²) in [7, 11) is 0. The highest BCUT2D eigenvalue weighted by atomic mass is 32.1. The first-order chi connectivity index (χ1) is 5.24. The van der Waals surface area contributed by atoms with Gasteiger partial charge in [0, 0.05) is 4.88 Å². The predicted molar refractivity (Wildman–Crippen MR) is 46.0 cm³/mol. The van der Waals surface area contributed by atoms with Crippen LogP contribution in [-0.2, 0) is 0 Å². The molecule has 0 saturated heterocycles. The van der Waals surface area contributed by atoms with Gasteiger partial charge in [0.25, 0.3) is 0 Å². The summed E-state index contributed by atoms with van der Waals surface area (Å²) in [5.74, 6) is -0.856. The van der Waals surface area contributed by atoms with Gasteiger partial charge in [-0.3, -0.25) is 0 Å². The summed E-state index contributed by atoms with van der Waals surface area (Å²) in [5, 5.41) is 8.55. The van der Waals surface area contributed by atoms with Gasteiger partial charge < -0.3 is 5.11 Å². The Labute approximate surface area is 68.8 Å². The fraction of sp³-hybridized carbons (Fsp3) is 0.125. The molecule has 2 nitrogen and oxygen atoms in total. The van der Waals surface area contributed by atoms with E-state index in [-0.39, 0.29) is 0 Å². The van der Waals surface area contributed by atoms with Crippen molar-refractivity contribution < 1.29 is 9.90 Å². The molecule has 0 atom stereocenters. The number of hydrogen-bond acceptors (Lipinski definition) is 2. The maximum Gasteiger partial charge on any atom is 0.345 e. The van der Waals surface area contributed by atoms with Crippen LogP contribution in [0.3, 0.4) is 0 Å². The Kier molecular flexibility index (Phi) is 2.44. The predicted octanol–water partition coefficient (Wildman–Crippen LogP) is 2.48. The van der Waals surface area contributed by atoms with Crippen LogP contribution < -0.4 is 0 Å². The summed E-state index contributed by atoms with van der Waals surface area (Å²) in [6.07, 6.45) is 3.77. The van der Waals surface area contributed by atoms with E-state index < -0.39 is 5.97 Å². The second-order valence-electron chi connectivity index (χ2n) is 2.01. The smallest absolute Gasteiger partial charge is 0.345 e. The van der Waals surface area contributed by atoms with Crippen molar-refractivity contribution in [3.05, 3.63) is 28.0 Å². The van der Waals surface area contributed by atoms with Crippen molar-refractivity contribution in [3.8, 4) is 0 Å². The number of thiophene rings is 1. The molecule has 0 unspecified atom stereocenters. The molecule has 0 saturated carbocycles. The van der Waals surface area contributed by atoms with E-state index in [1.807, 2.05) is 19.1 Å². The van der Waals surface area contributed by atoms with Gasteiger partial charge in [-0.25, -0.2) is 4.79 Å². The molecule has 0 aliphatic carbocycles.